The predicted molar refractivity (Wildman–Crippen MR) is 75.8 cm³/mol. The molecule has 18 heavy (non-hydrogen) atoms. The molecule has 0 aromatic heterocycles. The lowest BCUT2D eigenvalue weighted by Gasteiger charge is -2.09. The van der Waals surface area contributed by atoms with E-state index in [2.05, 4.69) is 22.6 Å². The third-order valence-electron chi connectivity index (χ3n) is 2.46. The highest BCUT2D eigenvalue weighted by Crippen LogP contribution is 2.23. The fourth-order valence-electron chi connectivity index (χ4n) is 1.55. The van der Waals surface area contributed by atoms with Crippen LogP contribution in [0.1, 0.15) is 11.1 Å². The standard InChI is InChI=1S/C14H12FIO2/c15-12-3-1-2-11(6-12)9-18-14-5-4-10(8-17)7-13(14)16/h1-7,17H,8-9H2. The van der Waals surface area contributed by atoms with Gasteiger partial charge in [0.2, 0.25) is 0 Å². The first-order valence-electron chi connectivity index (χ1n) is 5.45. The second-order valence-corrected chi connectivity index (χ2v) is 5.00. The van der Waals surface area contributed by atoms with E-state index in [1.54, 1.807) is 6.07 Å². The lowest BCUT2D eigenvalue weighted by Crippen LogP contribution is -1.98. The average molecular weight is 358 g/mol. The molecule has 0 saturated heterocycles. The van der Waals surface area contributed by atoms with E-state index in [0.29, 0.717) is 6.61 Å². The number of aliphatic hydroxyl groups excluding tert-OH is 1. The van der Waals surface area contributed by atoms with E-state index in [4.69, 9.17) is 9.84 Å². The summed E-state index contributed by atoms with van der Waals surface area (Å²) in [5.74, 6) is 0.471. The molecule has 0 spiro atoms. The molecule has 0 fully saturated rings. The van der Waals surface area contributed by atoms with E-state index < -0.39 is 0 Å². The van der Waals surface area contributed by atoms with Gasteiger partial charge in [-0.1, -0.05) is 18.2 Å². The summed E-state index contributed by atoms with van der Waals surface area (Å²) < 4.78 is 19.5. The van der Waals surface area contributed by atoms with Gasteiger partial charge in [-0.25, -0.2) is 4.39 Å². The quantitative estimate of drug-likeness (QED) is 0.848. The first-order valence-corrected chi connectivity index (χ1v) is 6.53. The van der Waals surface area contributed by atoms with Crippen LogP contribution in [-0.2, 0) is 13.2 Å². The number of aliphatic hydroxyl groups is 1. The molecule has 4 heteroatoms. The van der Waals surface area contributed by atoms with Crippen LogP contribution in [0.4, 0.5) is 4.39 Å². The zero-order valence-corrected chi connectivity index (χ0v) is 11.7. The van der Waals surface area contributed by atoms with Gasteiger partial charge in [0.05, 0.1) is 10.2 Å². The molecule has 0 atom stereocenters. The van der Waals surface area contributed by atoms with Gasteiger partial charge in [-0.3, -0.25) is 0 Å². The summed E-state index contributed by atoms with van der Waals surface area (Å²) in [5, 5.41) is 9.01. The molecular formula is C14H12FIO2. The molecule has 0 unspecified atom stereocenters. The number of hydrogen-bond donors (Lipinski definition) is 1. The Morgan fingerprint density at radius 2 is 1.94 bits per heavy atom. The molecule has 2 aromatic carbocycles. The molecular weight excluding hydrogens is 346 g/mol. The van der Waals surface area contributed by atoms with Crippen LogP contribution in [0.5, 0.6) is 5.75 Å². The molecule has 2 nitrogen and oxygen atoms in total. The van der Waals surface area contributed by atoms with Crippen molar-refractivity contribution < 1.29 is 14.2 Å². The van der Waals surface area contributed by atoms with Gasteiger partial charge in [0.15, 0.2) is 0 Å². The third-order valence-corrected chi connectivity index (χ3v) is 3.31. The fourth-order valence-corrected chi connectivity index (χ4v) is 2.28. The van der Waals surface area contributed by atoms with E-state index in [0.717, 1.165) is 20.4 Å². The maximum absolute atomic E-state index is 13.0. The van der Waals surface area contributed by atoms with Crippen molar-refractivity contribution in [1.29, 1.82) is 0 Å². The zero-order chi connectivity index (χ0) is 13.0. The van der Waals surface area contributed by atoms with E-state index in [1.807, 2.05) is 24.3 Å². The largest absolute Gasteiger partial charge is 0.488 e. The smallest absolute Gasteiger partial charge is 0.133 e. The Labute approximate surface area is 119 Å². The monoisotopic (exact) mass is 358 g/mol. The highest BCUT2D eigenvalue weighted by atomic mass is 127. The van der Waals surface area contributed by atoms with Crippen molar-refractivity contribution in [1.82, 2.24) is 0 Å². The Kier molecular flexibility index (Phi) is 4.54. The molecule has 1 N–H and O–H groups in total. The topological polar surface area (TPSA) is 29.5 Å². The molecule has 94 valence electrons. The second kappa shape index (κ2) is 6.15. The molecule has 0 radical (unpaired) electrons. The van der Waals surface area contributed by atoms with Crippen LogP contribution in [0.15, 0.2) is 42.5 Å². The summed E-state index contributed by atoms with van der Waals surface area (Å²) in [7, 11) is 0. The Morgan fingerprint density at radius 3 is 2.61 bits per heavy atom. The van der Waals surface area contributed by atoms with Gasteiger partial charge in [0.1, 0.15) is 18.2 Å². The van der Waals surface area contributed by atoms with E-state index in [1.165, 1.54) is 12.1 Å². The fraction of sp³-hybridized carbons (Fsp3) is 0.143. The van der Waals surface area contributed by atoms with Crippen LogP contribution >= 0.6 is 22.6 Å². The van der Waals surface area contributed by atoms with Crippen LogP contribution in [-0.4, -0.2) is 5.11 Å². The molecule has 2 rings (SSSR count). The molecule has 0 aliphatic heterocycles. The van der Waals surface area contributed by atoms with Crippen LogP contribution < -0.4 is 4.74 Å². The normalized spacial score (nSPS) is 10.4. The Bertz CT molecular complexity index is 543. The van der Waals surface area contributed by atoms with Gasteiger partial charge in [0.25, 0.3) is 0 Å². The van der Waals surface area contributed by atoms with Crippen molar-refractivity contribution in [2.24, 2.45) is 0 Å². The third kappa shape index (κ3) is 3.43. The lowest BCUT2D eigenvalue weighted by molar-refractivity contribution is 0.280. The van der Waals surface area contributed by atoms with Crippen molar-refractivity contribution in [3.8, 4) is 5.75 Å². The molecule has 0 amide bonds. The number of hydrogen-bond acceptors (Lipinski definition) is 2. The van der Waals surface area contributed by atoms with Crippen molar-refractivity contribution in [3.63, 3.8) is 0 Å². The number of halogens is 2. The molecule has 0 saturated carbocycles. The lowest BCUT2D eigenvalue weighted by atomic mass is 10.2. The maximum atomic E-state index is 13.0. The Morgan fingerprint density at radius 1 is 1.11 bits per heavy atom. The summed E-state index contributed by atoms with van der Waals surface area (Å²) >= 11 is 2.15. The average Bonchev–Trinajstić information content (AvgIpc) is 2.37. The molecule has 0 aliphatic carbocycles. The Hall–Kier alpha value is -1.14. The minimum Gasteiger partial charge on any atom is -0.488 e. The van der Waals surface area contributed by atoms with Gasteiger partial charge >= 0.3 is 0 Å². The Balaban J connectivity index is 2.06. The minimum absolute atomic E-state index is 0.0141. The molecule has 0 bridgehead atoms. The molecule has 0 aliphatic rings. The van der Waals surface area contributed by atoms with Crippen LogP contribution in [0.25, 0.3) is 0 Å². The summed E-state index contributed by atoms with van der Waals surface area (Å²) in [6, 6.07) is 11.8. The van der Waals surface area contributed by atoms with Crippen molar-refractivity contribution in [3.05, 3.63) is 63.0 Å². The first-order chi connectivity index (χ1) is 8.69. The van der Waals surface area contributed by atoms with Crippen molar-refractivity contribution in [2.75, 3.05) is 0 Å². The highest BCUT2D eigenvalue weighted by Gasteiger charge is 2.03. The van der Waals surface area contributed by atoms with Crippen LogP contribution in [0.2, 0.25) is 0 Å². The number of benzene rings is 2. The summed E-state index contributed by atoms with van der Waals surface area (Å²) in [5.41, 5.74) is 1.63. The predicted octanol–water partition coefficient (Wildman–Crippen LogP) is 3.50. The maximum Gasteiger partial charge on any atom is 0.133 e. The van der Waals surface area contributed by atoms with Gasteiger partial charge in [-0.15, -0.1) is 0 Å². The van der Waals surface area contributed by atoms with Gasteiger partial charge in [0, 0.05) is 0 Å². The summed E-state index contributed by atoms with van der Waals surface area (Å²) in [6.45, 7) is 0.340. The molecule has 2 aromatic rings. The van der Waals surface area contributed by atoms with E-state index in [-0.39, 0.29) is 12.4 Å². The van der Waals surface area contributed by atoms with Crippen LogP contribution in [0.3, 0.4) is 0 Å². The van der Waals surface area contributed by atoms with Gasteiger partial charge < -0.3 is 9.84 Å². The summed E-state index contributed by atoms with van der Waals surface area (Å²) in [4.78, 5) is 0. The molecule has 0 heterocycles. The van der Waals surface area contributed by atoms with E-state index in [9.17, 15) is 4.39 Å². The van der Waals surface area contributed by atoms with Crippen molar-refractivity contribution >= 4 is 22.6 Å². The second-order valence-electron chi connectivity index (χ2n) is 3.84. The van der Waals surface area contributed by atoms with E-state index >= 15 is 0 Å². The minimum atomic E-state index is -0.263. The van der Waals surface area contributed by atoms with Gasteiger partial charge in [-0.2, -0.15) is 0 Å². The van der Waals surface area contributed by atoms with Crippen molar-refractivity contribution in [2.45, 2.75) is 13.2 Å². The highest BCUT2D eigenvalue weighted by molar-refractivity contribution is 14.1. The van der Waals surface area contributed by atoms with Crippen LogP contribution in [0, 0.1) is 9.39 Å². The first kappa shape index (κ1) is 13.3. The number of rotatable bonds is 4. The SMILES string of the molecule is OCc1ccc(OCc2cccc(F)c2)c(I)c1. The summed E-state index contributed by atoms with van der Waals surface area (Å²) in [6.07, 6.45) is 0. The number of ether oxygens (including phenoxy) is 1. The zero-order valence-electron chi connectivity index (χ0n) is 9.57. The van der Waals surface area contributed by atoms with Gasteiger partial charge in [-0.05, 0) is 58.0 Å².